The average Bonchev–Trinajstić information content (AvgIpc) is 3.06. The van der Waals surface area contributed by atoms with E-state index in [9.17, 15) is 0 Å². The van der Waals surface area contributed by atoms with Crippen LogP contribution < -0.4 is 0 Å². The van der Waals surface area contributed by atoms with Crippen LogP contribution in [0.15, 0.2) is 55.1 Å². The summed E-state index contributed by atoms with van der Waals surface area (Å²) in [7, 11) is 0. The first-order chi connectivity index (χ1) is 12.0. The van der Waals surface area contributed by atoms with E-state index >= 15 is 0 Å². The summed E-state index contributed by atoms with van der Waals surface area (Å²) in [5, 5.41) is 2.15. The van der Waals surface area contributed by atoms with Gasteiger partial charge in [0.25, 0.3) is 0 Å². The smallest absolute Gasteiger partial charge is 0.145 e. The molecule has 0 unspecified atom stereocenters. The van der Waals surface area contributed by atoms with Crippen molar-refractivity contribution < 1.29 is 4.74 Å². The Hall–Kier alpha value is -1.65. The molecule has 1 aromatic heterocycles. The number of nitrogens with zero attached hydrogens (tertiary/aromatic N) is 2. The highest BCUT2D eigenvalue weighted by Gasteiger charge is 2.11. The van der Waals surface area contributed by atoms with Crippen LogP contribution in [-0.2, 0) is 11.3 Å². The molecule has 0 spiro atoms. The van der Waals surface area contributed by atoms with E-state index in [2.05, 4.69) is 4.98 Å². The zero-order chi connectivity index (χ0) is 17.8. The summed E-state index contributed by atoms with van der Waals surface area (Å²) in [5.41, 5.74) is 1.53. The van der Waals surface area contributed by atoms with Crippen LogP contribution in [0.25, 0.3) is 12.0 Å². The molecule has 3 rings (SSSR count). The lowest BCUT2D eigenvalue weighted by Gasteiger charge is -2.14. The molecule has 3 aromatic rings. The zero-order valence-corrected chi connectivity index (χ0v) is 15.8. The van der Waals surface area contributed by atoms with Crippen LogP contribution in [0.1, 0.15) is 11.1 Å². The maximum Gasteiger partial charge on any atom is 0.145 e. The fourth-order valence-electron chi connectivity index (χ4n) is 2.15. The van der Waals surface area contributed by atoms with Gasteiger partial charge < -0.3 is 9.30 Å². The van der Waals surface area contributed by atoms with Gasteiger partial charge in [0.05, 0.1) is 17.5 Å². The standard InChI is InChI=1S/C18H12Cl4N2O/c19-13-2-1-12(16(21)7-13)10-25-18(9-24-6-5-23-11-24)15-4-3-14(20)8-17(15)22/h1-9,11H,10H2. The quantitative estimate of drug-likeness (QED) is 0.436. The van der Waals surface area contributed by atoms with Crippen LogP contribution in [0, 0.1) is 0 Å². The molecular formula is C18H12Cl4N2O. The molecule has 3 nitrogen and oxygen atoms in total. The Bertz CT molecular complexity index is 907. The maximum atomic E-state index is 6.32. The Morgan fingerprint density at radius 3 is 2.36 bits per heavy atom. The van der Waals surface area contributed by atoms with Gasteiger partial charge in [0.2, 0.25) is 0 Å². The first-order valence-electron chi connectivity index (χ1n) is 7.24. The summed E-state index contributed by atoms with van der Waals surface area (Å²) in [6.45, 7) is 0.259. The molecule has 0 aliphatic heterocycles. The minimum absolute atomic E-state index is 0.259. The third kappa shape index (κ3) is 4.71. The van der Waals surface area contributed by atoms with Gasteiger partial charge in [-0.25, -0.2) is 4.98 Å². The van der Waals surface area contributed by atoms with Crippen LogP contribution in [0.2, 0.25) is 20.1 Å². The molecule has 0 radical (unpaired) electrons. The van der Waals surface area contributed by atoms with Crippen LogP contribution in [0.5, 0.6) is 0 Å². The van der Waals surface area contributed by atoms with E-state index in [0.29, 0.717) is 31.4 Å². The predicted octanol–water partition coefficient (Wildman–Crippen LogP) is 6.67. The van der Waals surface area contributed by atoms with Crippen molar-refractivity contribution in [2.24, 2.45) is 0 Å². The molecule has 0 bridgehead atoms. The molecule has 0 aliphatic carbocycles. The van der Waals surface area contributed by atoms with Crippen LogP contribution in [0.3, 0.4) is 0 Å². The number of hydrogen-bond acceptors (Lipinski definition) is 2. The van der Waals surface area contributed by atoms with E-state index in [1.165, 1.54) is 0 Å². The number of aromatic nitrogens is 2. The zero-order valence-electron chi connectivity index (χ0n) is 12.8. The number of hydrogen-bond donors (Lipinski definition) is 0. The summed E-state index contributed by atoms with van der Waals surface area (Å²) in [6.07, 6.45) is 6.91. The molecule has 0 saturated carbocycles. The minimum Gasteiger partial charge on any atom is -0.487 e. The second-order valence-corrected chi connectivity index (χ2v) is 6.84. The first kappa shape index (κ1) is 18.2. The average molecular weight is 414 g/mol. The second kappa shape index (κ2) is 8.15. The Morgan fingerprint density at radius 2 is 1.72 bits per heavy atom. The molecule has 0 N–H and O–H groups in total. The van der Waals surface area contributed by atoms with Crippen molar-refractivity contribution >= 4 is 58.4 Å². The van der Waals surface area contributed by atoms with Crippen molar-refractivity contribution in [3.05, 3.63) is 86.3 Å². The van der Waals surface area contributed by atoms with Gasteiger partial charge in [-0.15, -0.1) is 0 Å². The molecule has 7 heteroatoms. The monoisotopic (exact) mass is 412 g/mol. The third-order valence-electron chi connectivity index (χ3n) is 3.39. The number of imidazole rings is 1. The number of benzene rings is 2. The lowest BCUT2D eigenvalue weighted by atomic mass is 10.2. The van der Waals surface area contributed by atoms with E-state index in [1.54, 1.807) is 59.8 Å². The van der Waals surface area contributed by atoms with Crippen LogP contribution in [0.4, 0.5) is 0 Å². The van der Waals surface area contributed by atoms with Gasteiger partial charge in [0.15, 0.2) is 0 Å². The first-order valence-corrected chi connectivity index (χ1v) is 8.75. The normalized spacial score (nSPS) is 11.6. The third-order valence-corrected chi connectivity index (χ3v) is 4.52. The van der Waals surface area contributed by atoms with Crippen LogP contribution >= 0.6 is 46.4 Å². The summed E-state index contributed by atoms with van der Waals surface area (Å²) in [5.74, 6) is 0.561. The van der Waals surface area contributed by atoms with E-state index in [4.69, 9.17) is 51.1 Å². The van der Waals surface area contributed by atoms with Crippen molar-refractivity contribution in [2.45, 2.75) is 6.61 Å². The lowest BCUT2D eigenvalue weighted by molar-refractivity contribution is 0.265. The molecule has 1 heterocycles. The van der Waals surface area contributed by atoms with Crippen molar-refractivity contribution in [1.29, 1.82) is 0 Å². The summed E-state index contributed by atoms with van der Waals surface area (Å²) >= 11 is 24.4. The van der Waals surface area contributed by atoms with Gasteiger partial charge in [0.1, 0.15) is 12.4 Å². The fourth-order valence-corrected chi connectivity index (χ4v) is 3.11. The molecule has 0 aliphatic rings. The summed E-state index contributed by atoms with van der Waals surface area (Å²) in [4.78, 5) is 4.02. The fraction of sp³-hybridized carbons (Fsp3) is 0.0556. The Kier molecular flexibility index (Phi) is 5.92. The molecule has 0 amide bonds. The van der Waals surface area contributed by atoms with Gasteiger partial charge in [-0.3, -0.25) is 0 Å². The van der Waals surface area contributed by atoms with E-state index in [0.717, 1.165) is 5.56 Å². The molecular weight excluding hydrogens is 402 g/mol. The van der Waals surface area contributed by atoms with Gasteiger partial charge in [-0.2, -0.15) is 0 Å². The molecule has 2 aromatic carbocycles. The second-order valence-electron chi connectivity index (χ2n) is 5.15. The Morgan fingerprint density at radius 1 is 1.00 bits per heavy atom. The van der Waals surface area contributed by atoms with E-state index in [1.807, 2.05) is 6.07 Å². The van der Waals surface area contributed by atoms with Crippen molar-refractivity contribution in [2.75, 3.05) is 0 Å². The minimum atomic E-state index is 0.259. The van der Waals surface area contributed by atoms with Gasteiger partial charge in [0, 0.05) is 38.6 Å². The highest BCUT2D eigenvalue weighted by atomic mass is 35.5. The molecule has 0 fully saturated rings. The topological polar surface area (TPSA) is 27.1 Å². The molecule has 128 valence electrons. The SMILES string of the molecule is Clc1ccc(COC(=Cn2ccnc2)c2ccc(Cl)cc2Cl)c(Cl)c1. The number of rotatable bonds is 5. The molecule has 0 atom stereocenters. The van der Waals surface area contributed by atoms with Gasteiger partial charge >= 0.3 is 0 Å². The van der Waals surface area contributed by atoms with E-state index < -0.39 is 0 Å². The van der Waals surface area contributed by atoms with Crippen molar-refractivity contribution in [1.82, 2.24) is 9.55 Å². The molecule has 25 heavy (non-hydrogen) atoms. The number of halogens is 4. The summed E-state index contributed by atoms with van der Waals surface area (Å²) < 4.78 is 7.75. The van der Waals surface area contributed by atoms with Gasteiger partial charge in [-0.1, -0.05) is 52.5 Å². The highest BCUT2D eigenvalue weighted by Crippen LogP contribution is 2.30. The molecule has 0 saturated heterocycles. The number of ether oxygens (including phenoxy) is 1. The van der Waals surface area contributed by atoms with Gasteiger partial charge in [-0.05, 0) is 30.3 Å². The Balaban J connectivity index is 1.91. The Labute approximate surface area is 165 Å². The predicted molar refractivity (Wildman–Crippen MR) is 104 cm³/mol. The van der Waals surface area contributed by atoms with Crippen LogP contribution in [-0.4, -0.2) is 9.55 Å². The van der Waals surface area contributed by atoms with Crippen molar-refractivity contribution in [3.8, 4) is 0 Å². The summed E-state index contributed by atoms with van der Waals surface area (Å²) in [6, 6.07) is 10.5. The van der Waals surface area contributed by atoms with E-state index in [-0.39, 0.29) is 6.61 Å². The lowest BCUT2D eigenvalue weighted by Crippen LogP contribution is -1.97. The van der Waals surface area contributed by atoms with Crippen molar-refractivity contribution in [3.63, 3.8) is 0 Å². The highest BCUT2D eigenvalue weighted by molar-refractivity contribution is 6.36. The largest absolute Gasteiger partial charge is 0.487 e. The maximum absolute atomic E-state index is 6.32.